The van der Waals surface area contributed by atoms with Crippen LogP contribution in [-0.2, 0) is 16.3 Å². The summed E-state index contributed by atoms with van der Waals surface area (Å²) in [6, 6.07) is 10.7. The molecule has 0 unspecified atom stereocenters. The molecule has 23 heavy (non-hydrogen) atoms. The molecule has 0 saturated heterocycles. The highest BCUT2D eigenvalue weighted by Crippen LogP contribution is 2.33. The number of carbonyl (C=O) groups excluding carboxylic acids is 1. The van der Waals surface area contributed by atoms with Gasteiger partial charge in [0.25, 0.3) is 5.91 Å². The number of aryl methyl sites for hydroxylation is 1. The van der Waals surface area contributed by atoms with Gasteiger partial charge >= 0.3 is 0 Å². The van der Waals surface area contributed by atoms with Crippen molar-refractivity contribution < 1.29 is 17.6 Å². The van der Waals surface area contributed by atoms with Crippen LogP contribution in [0.3, 0.4) is 0 Å². The molecule has 0 fully saturated rings. The maximum absolute atomic E-state index is 12.9. The molecule has 0 N–H and O–H groups in total. The molecule has 0 aliphatic carbocycles. The number of anilines is 1. The Kier molecular flexibility index (Phi) is 4.02. The van der Waals surface area contributed by atoms with Gasteiger partial charge in [0.2, 0.25) is 14.9 Å². The van der Waals surface area contributed by atoms with Crippen molar-refractivity contribution in [2.75, 3.05) is 11.2 Å². The van der Waals surface area contributed by atoms with Gasteiger partial charge in [0, 0.05) is 18.0 Å². The zero-order valence-corrected chi connectivity index (χ0v) is 14.0. The van der Waals surface area contributed by atoms with Crippen LogP contribution in [0.25, 0.3) is 0 Å². The van der Waals surface area contributed by atoms with Gasteiger partial charge in [-0.05, 0) is 43.0 Å². The molecule has 1 aromatic heterocycles. The predicted molar refractivity (Wildman–Crippen MR) is 87.5 cm³/mol. The second-order valence-corrected chi connectivity index (χ2v) is 7.74. The van der Waals surface area contributed by atoms with Crippen LogP contribution < -0.4 is 4.90 Å². The van der Waals surface area contributed by atoms with Crippen LogP contribution in [0, 0.1) is 0 Å². The van der Waals surface area contributed by atoms with E-state index in [0.29, 0.717) is 0 Å². The number of para-hydroxylation sites is 1. The van der Waals surface area contributed by atoms with Gasteiger partial charge in [0.05, 0.1) is 0 Å². The van der Waals surface area contributed by atoms with Crippen molar-refractivity contribution in [1.82, 2.24) is 0 Å². The zero-order valence-electron chi connectivity index (χ0n) is 13.2. The summed E-state index contributed by atoms with van der Waals surface area (Å²) < 4.78 is 28.4. The molecule has 1 aromatic carbocycles. The van der Waals surface area contributed by atoms with Gasteiger partial charge in [0.1, 0.15) is 0 Å². The molecule has 3 rings (SSSR count). The predicted octanol–water partition coefficient (Wildman–Crippen LogP) is 3.05. The molecule has 0 spiro atoms. The minimum absolute atomic E-state index is 0.0561. The summed E-state index contributed by atoms with van der Waals surface area (Å²) in [5.41, 5.74) is 2.01. The van der Waals surface area contributed by atoms with E-state index in [2.05, 4.69) is 0 Å². The lowest BCUT2D eigenvalue weighted by Gasteiger charge is -2.36. The lowest BCUT2D eigenvalue weighted by atomic mass is 9.94. The number of amides is 1. The summed E-state index contributed by atoms with van der Waals surface area (Å²) in [7, 11) is -3.46. The molecule has 1 aliphatic heterocycles. The molecule has 0 radical (unpaired) electrons. The van der Waals surface area contributed by atoms with Crippen LogP contribution >= 0.6 is 0 Å². The summed E-state index contributed by atoms with van der Waals surface area (Å²) in [6.45, 7) is 2.04. The normalized spacial score (nSPS) is 17.8. The number of benzene rings is 1. The molecule has 1 aliphatic rings. The van der Waals surface area contributed by atoms with E-state index in [9.17, 15) is 13.2 Å². The van der Waals surface area contributed by atoms with E-state index in [4.69, 9.17) is 4.42 Å². The molecule has 0 bridgehead atoms. The SMILES string of the molecule is CC[C@@H]1CCc2ccccc2N1C(=O)c1ccc(S(C)(=O)=O)o1. The highest BCUT2D eigenvalue weighted by molar-refractivity contribution is 7.90. The number of nitrogens with zero attached hydrogens (tertiary/aromatic N) is 1. The Balaban J connectivity index is 2.01. The highest BCUT2D eigenvalue weighted by Gasteiger charge is 2.32. The Morgan fingerprint density at radius 1 is 1.26 bits per heavy atom. The average Bonchev–Trinajstić information content (AvgIpc) is 3.03. The summed E-state index contributed by atoms with van der Waals surface area (Å²) >= 11 is 0. The minimum Gasteiger partial charge on any atom is -0.440 e. The van der Waals surface area contributed by atoms with E-state index >= 15 is 0 Å². The quantitative estimate of drug-likeness (QED) is 0.866. The van der Waals surface area contributed by atoms with E-state index in [1.165, 1.54) is 12.1 Å². The van der Waals surface area contributed by atoms with Crippen LogP contribution in [0.2, 0.25) is 0 Å². The van der Waals surface area contributed by atoms with Crippen LogP contribution in [0.1, 0.15) is 35.9 Å². The third-order valence-corrected chi connectivity index (χ3v) is 5.16. The molecule has 6 heteroatoms. The zero-order chi connectivity index (χ0) is 16.6. The van der Waals surface area contributed by atoms with Crippen molar-refractivity contribution in [3.63, 3.8) is 0 Å². The Morgan fingerprint density at radius 3 is 2.65 bits per heavy atom. The standard InChI is InChI=1S/C17H19NO4S/c1-3-13-9-8-12-6-4-5-7-14(12)18(13)17(19)15-10-11-16(22-15)23(2,20)21/h4-7,10-11,13H,3,8-9H2,1-2H3/t13-/m1/s1. The summed E-state index contributed by atoms with van der Waals surface area (Å²) in [4.78, 5) is 14.6. The molecule has 2 aromatic rings. The minimum atomic E-state index is -3.46. The third kappa shape index (κ3) is 2.91. The molecule has 1 amide bonds. The number of fused-ring (bicyclic) bond motifs is 1. The molecular formula is C17H19NO4S. The third-order valence-electron chi connectivity index (χ3n) is 4.21. The molecular weight excluding hydrogens is 314 g/mol. The summed E-state index contributed by atoms with van der Waals surface area (Å²) in [5.74, 6) is -0.237. The lowest BCUT2D eigenvalue weighted by molar-refractivity contribution is 0.0940. The van der Waals surface area contributed by atoms with Crippen molar-refractivity contribution in [2.24, 2.45) is 0 Å². The summed E-state index contributed by atoms with van der Waals surface area (Å²) in [6.07, 6.45) is 3.72. The fourth-order valence-electron chi connectivity index (χ4n) is 3.02. The fraction of sp³-hybridized carbons (Fsp3) is 0.353. The number of hydrogen-bond donors (Lipinski definition) is 0. The topological polar surface area (TPSA) is 67.6 Å². The fourth-order valence-corrected chi connectivity index (χ4v) is 3.58. The second kappa shape index (κ2) is 5.85. The van der Waals surface area contributed by atoms with E-state index in [-0.39, 0.29) is 22.8 Å². The van der Waals surface area contributed by atoms with Gasteiger partial charge < -0.3 is 9.32 Å². The first kappa shape index (κ1) is 15.8. The maximum atomic E-state index is 12.9. The average molecular weight is 333 g/mol. The smallest absolute Gasteiger partial charge is 0.294 e. The van der Waals surface area contributed by atoms with Crippen LogP contribution in [0.15, 0.2) is 45.9 Å². The maximum Gasteiger partial charge on any atom is 0.294 e. The van der Waals surface area contributed by atoms with E-state index in [1.54, 1.807) is 4.90 Å². The van der Waals surface area contributed by atoms with Gasteiger partial charge in [-0.1, -0.05) is 25.1 Å². The van der Waals surface area contributed by atoms with Crippen molar-refractivity contribution in [3.8, 4) is 0 Å². The number of furan rings is 1. The first-order valence-corrected chi connectivity index (χ1v) is 9.52. The van der Waals surface area contributed by atoms with E-state index < -0.39 is 9.84 Å². The van der Waals surface area contributed by atoms with Crippen LogP contribution in [0.5, 0.6) is 0 Å². The molecule has 5 nitrogen and oxygen atoms in total. The van der Waals surface area contributed by atoms with Crippen molar-refractivity contribution in [1.29, 1.82) is 0 Å². The molecule has 1 atom stereocenters. The number of hydrogen-bond acceptors (Lipinski definition) is 4. The first-order valence-electron chi connectivity index (χ1n) is 7.63. The number of sulfone groups is 1. The number of rotatable bonds is 3. The van der Waals surface area contributed by atoms with Crippen LogP contribution in [0.4, 0.5) is 5.69 Å². The van der Waals surface area contributed by atoms with Crippen molar-refractivity contribution >= 4 is 21.4 Å². The molecule has 122 valence electrons. The van der Waals surface area contributed by atoms with Gasteiger partial charge in [-0.2, -0.15) is 0 Å². The Hall–Kier alpha value is -2.08. The first-order chi connectivity index (χ1) is 10.9. The largest absolute Gasteiger partial charge is 0.440 e. The highest BCUT2D eigenvalue weighted by atomic mass is 32.2. The monoisotopic (exact) mass is 333 g/mol. The van der Waals surface area contributed by atoms with Gasteiger partial charge in [-0.3, -0.25) is 4.79 Å². The Labute approximate surface area is 135 Å². The van der Waals surface area contributed by atoms with Crippen molar-refractivity contribution in [2.45, 2.75) is 37.3 Å². The van der Waals surface area contributed by atoms with Crippen LogP contribution in [-0.4, -0.2) is 26.6 Å². The molecule has 2 heterocycles. The van der Waals surface area contributed by atoms with E-state index in [0.717, 1.165) is 36.8 Å². The van der Waals surface area contributed by atoms with Gasteiger partial charge in [0.15, 0.2) is 5.76 Å². The second-order valence-electron chi connectivity index (χ2n) is 5.80. The Bertz CT molecular complexity index is 838. The lowest BCUT2D eigenvalue weighted by Crippen LogP contribution is -2.43. The summed E-state index contributed by atoms with van der Waals surface area (Å²) in [5, 5.41) is -0.181. The Morgan fingerprint density at radius 2 is 2.00 bits per heavy atom. The van der Waals surface area contributed by atoms with E-state index in [1.807, 2.05) is 31.2 Å². The molecule has 0 saturated carbocycles. The van der Waals surface area contributed by atoms with Gasteiger partial charge in [-0.25, -0.2) is 8.42 Å². The number of carbonyl (C=O) groups is 1. The van der Waals surface area contributed by atoms with Gasteiger partial charge in [-0.15, -0.1) is 0 Å². The van der Waals surface area contributed by atoms with Crippen molar-refractivity contribution in [3.05, 3.63) is 47.7 Å².